The maximum atomic E-state index is 12.2. The number of nitrogens with zero attached hydrogens (tertiary/aromatic N) is 2. The van der Waals surface area contributed by atoms with Gasteiger partial charge in [0.25, 0.3) is 5.91 Å². The first-order chi connectivity index (χ1) is 12.7. The molecule has 0 spiro atoms. The van der Waals surface area contributed by atoms with E-state index in [0.717, 1.165) is 49.6 Å². The van der Waals surface area contributed by atoms with Crippen LogP contribution in [0.4, 0.5) is 5.69 Å². The van der Waals surface area contributed by atoms with E-state index in [9.17, 15) is 4.79 Å². The normalized spacial score (nSPS) is 14.9. The maximum absolute atomic E-state index is 12.2. The third-order valence-corrected chi connectivity index (χ3v) is 4.80. The van der Waals surface area contributed by atoms with Gasteiger partial charge in [0.15, 0.2) is 0 Å². The van der Waals surface area contributed by atoms with E-state index < -0.39 is 0 Å². The van der Waals surface area contributed by atoms with Crippen molar-refractivity contribution in [3.05, 3.63) is 59.7 Å². The fourth-order valence-corrected chi connectivity index (χ4v) is 3.24. The van der Waals surface area contributed by atoms with E-state index in [1.165, 1.54) is 5.69 Å². The molecule has 0 atom stereocenters. The van der Waals surface area contributed by atoms with Crippen LogP contribution >= 0.6 is 0 Å². The highest BCUT2D eigenvalue weighted by atomic mass is 16.5. The quantitative estimate of drug-likeness (QED) is 0.867. The van der Waals surface area contributed by atoms with E-state index in [4.69, 9.17) is 4.74 Å². The van der Waals surface area contributed by atoms with Crippen molar-refractivity contribution in [2.45, 2.75) is 6.92 Å². The molecule has 138 valence electrons. The lowest BCUT2D eigenvalue weighted by Crippen LogP contribution is -2.48. The molecule has 0 unspecified atom stereocenters. The number of benzene rings is 2. The number of aryl methyl sites for hydroxylation is 1. The van der Waals surface area contributed by atoms with Gasteiger partial charge in [-0.15, -0.1) is 0 Å². The van der Waals surface area contributed by atoms with Crippen LogP contribution in [0.2, 0.25) is 0 Å². The lowest BCUT2D eigenvalue weighted by Gasteiger charge is -2.36. The van der Waals surface area contributed by atoms with E-state index in [-0.39, 0.29) is 5.91 Å². The van der Waals surface area contributed by atoms with Gasteiger partial charge in [-0.05, 0) is 43.3 Å². The second kappa shape index (κ2) is 8.72. The smallest absolute Gasteiger partial charge is 0.251 e. The van der Waals surface area contributed by atoms with E-state index in [0.29, 0.717) is 6.54 Å². The van der Waals surface area contributed by atoms with Gasteiger partial charge in [0.05, 0.1) is 7.11 Å². The molecular formula is C21H27N3O2. The number of methoxy groups -OCH3 is 1. The number of carbonyl (C=O) groups is 1. The average Bonchev–Trinajstić information content (AvgIpc) is 2.68. The molecule has 1 aliphatic rings. The van der Waals surface area contributed by atoms with Gasteiger partial charge >= 0.3 is 0 Å². The fourth-order valence-electron chi connectivity index (χ4n) is 3.24. The summed E-state index contributed by atoms with van der Waals surface area (Å²) in [5.41, 5.74) is 3.07. The van der Waals surface area contributed by atoms with E-state index >= 15 is 0 Å². The van der Waals surface area contributed by atoms with Gasteiger partial charge in [0, 0.05) is 50.5 Å². The molecule has 1 N–H and O–H groups in total. The number of nitrogens with one attached hydrogen (secondary N) is 1. The minimum Gasteiger partial charge on any atom is -0.497 e. The number of hydrogen-bond acceptors (Lipinski definition) is 4. The molecule has 5 heteroatoms. The summed E-state index contributed by atoms with van der Waals surface area (Å²) >= 11 is 0. The summed E-state index contributed by atoms with van der Waals surface area (Å²) < 4.78 is 5.21. The molecule has 26 heavy (non-hydrogen) atoms. The summed E-state index contributed by atoms with van der Waals surface area (Å²) in [6.07, 6.45) is 0. The van der Waals surface area contributed by atoms with Gasteiger partial charge in [0.1, 0.15) is 5.75 Å². The zero-order valence-electron chi connectivity index (χ0n) is 15.6. The zero-order valence-corrected chi connectivity index (χ0v) is 15.6. The molecule has 3 rings (SSSR count). The first-order valence-corrected chi connectivity index (χ1v) is 9.12. The molecular weight excluding hydrogens is 326 g/mol. The Bertz CT molecular complexity index is 722. The van der Waals surface area contributed by atoms with Crippen molar-refractivity contribution in [2.24, 2.45) is 0 Å². The van der Waals surface area contributed by atoms with Gasteiger partial charge in [0.2, 0.25) is 0 Å². The molecule has 0 radical (unpaired) electrons. The fraction of sp³-hybridized carbons (Fsp3) is 0.381. The van der Waals surface area contributed by atoms with Crippen molar-refractivity contribution >= 4 is 11.6 Å². The van der Waals surface area contributed by atoms with Crippen molar-refractivity contribution in [2.75, 3.05) is 51.3 Å². The van der Waals surface area contributed by atoms with Gasteiger partial charge < -0.3 is 15.0 Å². The van der Waals surface area contributed by atoms with Gasteiger partial charge in [-0.25, -0.2) is 0 Å². The Morgan fingerprint density at radius 3 is 2.46 bits per heavy atom. The SMILES string of the molecule is COc1ccc(N2CCN(CCNC(=O)c3cccc(C)c3)CC2)cc1. The number of hydrogen-bond donors (Lipinski definition) is 1. The molecule has 0 bridgehead atoms. The monoisotopic (exact) mass is 353 g/mol. The first kappa shape index (κ1) is 18.3. The van der Waals surface area contributed by atoms with Crippen LogP contribution < -0.4 is 15.0 Å². The topological polar surface area (TPSA) is 44.8 Å². The Hall–Kier alpha value is -2.53. The van der Waals surface area contributed by atoms with Crippen molar-refractivity contribution < 1.29 is 9.53 Å². The van der Waals surface area contributed by atoms with Crippen molar-refractivity contribution in [3.63, 3.8) is 0 Å². The minimum atomic E-state index is 0.00516. The van der Waals surface area contributed by atoms with E-state index in [1.54, 1.807) is 7.11 Å². The highest BCUT2D eigenvalue weighted by molar-refractivity contribution is 5.94. The zero-order chi connectivity index (χ0) is 18.4. The number of amides is 1. The second-order valence-electron chi connectivity index (χ2n) is 6.65. The summed E-state index contributed by atoms with van der Waals surface area (Å²) in [6.45, 7) is 7.57. The van der Waals surface area contributed by atoms with Gasteiger partial charge in [-0.2, -0.15) is 0 Å². The highest BCUT2D eigenvalue weighted by Crippen LogP contribution is 2.20. The molecule has 2 aromatic carbocycles. The Morgan fingerprint density at radius 2 is 1.81 bits per heavy atom. The number of anilines is 1. The molecule has 1 heterocycles. The number of piperazine rings is 1. The average molecular weight is 353 g/mol. The van der Waals surface area contributed by atoms with Crippen LogP contribution in [-0.2, 0) is 0 Å². The predicted octanol–water partition coefficient (Wildman–Crippen LogP) is 2.56. The predicted molar refractivity (Wildman–Crippen MR) is 105 cm³/mol. The Labute approximate surface area is 155 Å². The lowest BCUT2D eigenvalue weighted by molar-refractivity contribution is 0.0947. The van der Waals surface area contributed by atoms with Gasteiger partial charge in [-0.1, -0.05) is 17.7 Å². The standard InChI is InChI=1S/C21H27N3O2/c1-17-4-3-5-18(16-17)21(25)22-10-11-23-12-14-24(15-13-23)19-6-8-20(26-2)9-7-19/h3-9,16H,10-15H2,1-2H3,(H,22,25). The summed E-state index contributed by atoms with van der Waals surface area (Å²) in [5.74, 6) is 0.891. The molecule has 1 amide bonds. The molecule has 2 aromatic rings. The number of carbonyl (C=O) groups excluding carboxylic acids is 1. The summed E-state index contributed by atoms with van der Waals surface area (Å²) in [7, 11) is 1.69. The van der Waals surface area contributed by atoms with Crippen molar-refractivity contribution in [1.29, 1.82) is 0 Å². The van der Waals surface area contributed by atoms with Crippen LogP contribution in [0.3, 0.4) is 0 Å². The number of rotatable bonds is 6. The Balaban J connectivity index is 1.40. The number of ether oxygens (including phenoxy) is 1. The summed E-state index contributed by atoms with van der Waals surface area (Å²) in [6, 6.07) is 15.9. The van der Waals surface area contributed by atoms with Crippen LogP contribution in [0.1, 0.15) is 15.9 Å². The lowest BCUT2D eigenvalue weighted by atomic mass is 10.1. The highest BCUT2D eigenvalue weighted by Gasteiger charge is 2.17. The second-order valence-corrected chi connectivity index (χ2v) is 6.65. The van der Waals surface area contributed by atoms with Crippen LogP contribution in [-0.4, -0.2) is 57.2 Å². The Morgan fingerprint density at radius 1 is 1.08 bits per heavy atom. The van der Waals surface area contributed by atoms with Crippen molar-refractivity contribution in [1.82, 2.24) is 10.2 Å². The maximum Gasteiger partial charge on any atom is 0.251 e. The molecule has 0 aliphatic carbocycles. The molecule has 5 nitrogen and oxygen atoms in total. The van der Waals surface area contributed by atoms with Crippen molar-refractivity contribution in [3.8, 4) is 5.75 Å². The molecule has 0 saturated carbocycles. The minimum absolute atomic E-state index is 0.00516. The molecule has 1 aliphatic heterocycles. The summed E-state index contributed by atoms with van der Waals surface area (Å²) in [4.78, 5) is 17.0. The largest absolute Gasteiger partial charge is 0.497 e. The molecule has 0 aromatic heterocycles. The van der Waals surface area contributed by atoms with Gasteiger partial charge in [-0.3, -0.25) is 9.69 Å². The first-order valence-electron chi connectivity index (χ1n) is 9.12. The molecule has 1 saturated heterocycles. The van der Waals surface area contributed by atoms with E-state index in [1.807, 2.05) is 43.3 Å². The van der Waals surface area contributed by atoms with Crippen LogP contribution in [0.15, 0.2) is 48.5 Å². The Kier molecular flexibility index (Phi) is 6.12. The third-order valence-electron chi connectivity index (χ3n) is 4.80. The third kappa shape index (κ3) is 4.76. The summed E-state index contributed by atoms with van der Waals surface area (Å²) in [5, 5.41) is 3.02. The van der Waals surface area contributed by atoms with Crippen LogP contribution in [0.5, 0.6) is 5.75 Å². The molecule has 1 fully saturated rings. The van der Waals surface area contributed by atoms with Crippen LogP contribution in [0, 0.1) is 6.92 Å². The van der Waals surface area contributed by atoms with Crippen LogP contribution in [0.25, 0.3) is 0 Å². The van der Waals surface area contributed by atoms with E-state index in [2.05, 4.69) is 27.2 Å².